The molecule has 0 aromatic heterocycles. The molecule has 0 saturated heterocycles. The van der Waals surface area contributed by atoms with E-state index in [4.69, 9.17) is 11.6 Å². The van der Waals surface area contributed by atoms with Crippen molar-refractivity contribution in [2.45, 2.75) is 32.7 Å². The normalized spacial score (nSPS) is 12.6. The highest BCUT2D eigenvalue weighted by molar-refractivity contribution is 7.99. The van der Waals surface area contributed by atoms with Crippen LogP contribution in [0.2, 0.25) is 5.02 Å². The van der Waals surface area contributed by atoms with Crippen molar-refractivity contribution in [3.63, 3.8) is 0 Å². The minimum absolute atomic E-state index is 0.457. The number of hydrogen-bond acceptors (Lipinski definition) is 2. The third-order valence-electron chi connectivity index (χ3n) is 2.74. The summed E-state index contributed by atoms with van der Waals surface area (Å²) in [6.07, 6.45) is 2.35. The molecule has 0 bridgehead atoms. The predicted octanol–water partition coefficient (Wildman–Crippen LogP) is 4.52. The van der Waals surface area contributed by atoms with Crippen molar-refractivity contribution in [3.05, 3.63) is 34.9 Å². The molecule has 1 aromatic rings. The van der Waals surface area contributed by atoms with Crippen LogP contribution in [-0.2, 0) is 0 Å². The summed E-state index contributed by atoms with van der Waals surface area (Å²) >= 11 is 7.91. The first kappa shape index (κ1) is 14.9. The molecule has 96 valence electrons. The van der Waals surface area contributed by atoms with Crippen LogP contribution in [0.5, 0.6) is 0 Å². The number of nitrogens with one attached hydrogen (secondary N) is 1. The van der Waals surface area contributed by atoms with Gasteiger partial charge in [-0.25, -0.2) is 0 Å². The average Bonchev–Trinajstić information content (AvgIpc) is 2.35. The van der Waals surface area contributed by atoms with Crippen LogP contribution in [0.1, 0.15) is 38.3 Å². The van der Waals surface area contributed by atoms with E-state index in [-0.39, 0.29) is 0 Å². The topological polar surface area (TPSA) is 12.0 Å². The van der Waals surface area contributed by atoms with E-state index in [9.17, 15) is 0 Å². The monoisotopic (exact) mass is 271 g/mol. The van der Waals surface area contributed by atoms with Gasteiger partial charge >= 0.3 is 0 Å². The maximum absolute atomic E-state index is 5.90. The molecule has 1 nitrogen and oxygen atoms in total. The Kier molecular flexibility index (Phi) is 7.74. The van der Waals surface area contributed by atoms with Gasteiger partial charge in [0.15, 0.2) is 0 Å². The van der Waals surface area contributed by atoms with Crippen molar-refractivity contribution in [1.29, 1.82) is 0 Å². The summed E-state index contributed by atoms with van der Waals surface area (Å²) < 4.78 is 0. The van der Waals surface area contributed by atoms with Crippen LogP contribution in [0.15, 0.2) is 24.3 Å². The van der Waals surface area contributed by atoms with Crippen LogP contribution >= 0.6 is 23.4 Å². The highest BCUT2D eigenvalue weighted by Gasteiger charge is 2.07. The third-order valence-corrected chi connectivity index (χ3v) is 3.98. The Morgan fingerprint density at radius 1 is 1.24 bits per heavy atom. The van der Waals surface area contributed by atoms with E-state index in [1.807, 2.05) is 23.9 Å². The Labute approximate surface area is 114 Å². The van der Waals surface area contributed by atoms with Crippen molar-refractivity contribution in [1.82, 2.24) is 5.32 Å². The molecular formula is C14H22ClNS. The summed E-state index contributed by atoms with van der Waals surface area (Å²) in [5.74, 6) is 2.47. The zero-order valence-electron chi connectivity index (χ0n) is 10.7. The van der Waals surface area contributed by atoms with Crippen molar-refractivity contribution >= 4 is 23.4 Å². The molecule has 0 spiro atoms. The van der Waals surface area contributed by atoms with E-state index in [1.165, 1.54) is 23.5 Å². The van der Waals surface area contributed by atoms with Crippen LogP contribution < -0.4 is 5.32 Å². The number of thioether (sulfide) groups is 1. The van der Waals surface area contributed by atoms with Gasteiger partial charge in [-0.3, -0.25) is 0 Å². The van der Waals surface area contributed by atoms with Crippen molar-refractivity contribution in [2.24, 2.45) is 0 Å². The lowest BCUT2D eigenvalue weighted by Gasteiger charge is -2.17. The van der Waals surface area contributed by atoms with Crippen molar-refractivity contribution in [2.75, 3.05) is 18.1 Å². The predicted molar refractivity (Wildman–Crippen MR) is 80.1 cm³/mol. The quantitative estimate of drug-likeness (QED) is 0.698. The molecular weight excluding hydrogens is 250 g/mol. The van der Waals surface area contributed by atoms with Gasteiger partial charge in [0, 0.05) is 11.1 Å². The minimum atomic E-state index is 0.457. The zero-order valence-corrected chi connectivity index (χ0v) is 12.3. The lowest BCUT2D eigenvalue weighted by Crippen LogP contribution is -2.22. The lowest BCUT2D eigenvalue weighted by atomic mass is 10.0. The summed E-state index contributed by atoms with van der Waals surface area (Å²) in [5.41, 5.74) is 1.33. The molecule has 17 heavy (non-hydrogen) atoms. The van der Waals surface area contributed by atoms with E-state index >= 15 is 0 Å². The Morgan fingerprint density at radius 3 is 2.53 bits per heavy atom. The minimum Gasteiger partial charge on any atom is -0.310 e. The summed E-state index contributed by atoms with van der Waals surface area (Å²) in [5, 5.41) is 4.42. The maximum atomic E-state index is 5.90. The fraction of sp³-hybridized carbons (Fsp3) is 0.571. The first-order valence-electron chi connectivity index (χ1n) is 6.34. The van der Waals surface area contributed by atoms with E-state index < -0.39 is 0 Å². The molecule has 0 aliphatic heterocycles. The highest BCUT2D eigenvalue weighted by atomic mass is 35.5. The molecule has 1 atom stereocenters. The molecule has 0 radical (unpaired) electrons. The van der Waals surface area contributed by atoms with E-state index in [1.54, 1.807) is 0 Å². The van der Waals surface area contributed by atoms with Gasteiger partial charge in [-0.2, -0.15) is 11.8 Å². The third kappa shape index (κ3) is 5.80. The number of rotatable bonds is 8. The fourth-order valence-corrected chi connectivity index (χ4v) is 2.55. The smallest absolute Gasteiger partial charge is 0.0406 e. The summed E-state index contributed by atoms with van der Waals surface area (Å²) in [4.78, 5) is 0. The summed E-state index contributed by atoms with van der Waals surface area (Å²) in [6.45, 7) is 5.52. The SMILES string of the molecule is CCSCCCNC(CC)c1ccc(Cl)cc1. The molecule has 0 saturated carbocycles. The summed E-state index contributed by atoms with van der Waals surface area (Å²) in [7, 11) is 0. The van der Waals surface area contributed by atoms with Gasteiger partial charge in [0.25, 0.3) is 0 Å². The second kappa shape index (κ2) is 8.84. The van der Waals surface area contributed by atoms with E-state index in [0.717, 1.165) is 18.0 Å². The van der Waals surface area contributed by atoms with Crippen LogP contribution in [0.3, 0.4) is 0 Å². The molecule has 1 unspecified atom stereocenters. The van der Waals surface area contributed by atoms with Gasteiger partial charge in [-0.1, -0.05) is 37.6 Å². The molecule has 1 rings (SSSR count). The van der Waals surface area contributed by atoms with Gasteiger partial charge in [-0.05, 0) is 48.6 Å². The second-order valence-corrected chi connectivity index (χ2v) is 5.85. The first-order chi connectivity index (χ1) is 8.27. The molecule has 0 heterocycles. The molecule has 3 heteroatoms. The van der Waals surface area contributed by atoms with Crippen molar-refractivity contribution in [3.8, 4) is 0 Å². The Balaban J connectivity index is 2.35. The molecule has 1 aromatic carbocycles. The van der Waals surface area contributed by atoms with Crippen molar-refractivity contribution < 1.29 is 0 Å². The van der Waals surface area contributed by atoms with Crippen LogP contribution in [0, 0.1) is 0 Å². The van der Waals surface area contributed by atoms with Crippen LogP contribution in [0.4, 0.5) is 0 Å². The van der Waals surface area contributed by atoms with E-state index in [0.29, 0.717) is 6.04 Å². The van der Waals surface area contributed by atoms with Crippen LogP contribution in [-0.4, -0.2) is 18.1 Å². The first-order valence-corrected chi connectivity index (χ1v) is 7.87. The van der Waals surface area contributed by atoms with Gasteiger partial charge < -0.3 is 5.32 Å². The Hall–Kier alpha value is -0.180. The number of halogens is 1. The second-order valence-electron chi connectivity index (χ2n) is 4.02. The van der Waals surface area contributed by atoms with Crippen LogP contribution in [0.25, 0.3) is 0 Å². The van der Waals surface area contributed by atoms with Gasteiger partial charge in [0.05, 0.1) is 0 Å². The Morgan fingerprint density at radius 2 is 1.94 bits per heavy atom. The number of hydrogen-bond donors (Lipinski definition) is 1. The van der Waals surface area contributed by atoms with Gasteiger partial charge in [0.2, 0.25) is 0 Å². The Bertz CT molecular complexity index is 300. The van der Waals surface area contributed by atoms with E-state index in [2.05, 4.69) is 31.3 Å². The summed E-state index contributed by atoms with van der Waals surface area (Å²) in [6, 6.07) is 8.62. The molecule has 0 aliphatic rings. The molecule has 0 aliphatic carbocycles. The van der Waals surface area contributed by atoms with Gasteiger partial charge in [0.1, 0.15) is 0 Å². The molecule has 0 amide bonds. The zero-order chi connectivity index (χ0) is 12.5. The number of benzene rings is 1. The lowest BCUT2D eigenvalue weighted by molar-refractivity contribution is 0.519. The average molecular weight is 272 g/mol. The largest absolute Gasteiger partial charge is 0.310 e. The molecule has 1 N–H and O–H groups in total. The fourth-order valence-electron chi connectivity index (χ4n) is 1.79. The van der Waals surface area contributed by atoms with Gasteiger partial charge in [-0.15, -0.1) is 0 Å². The standard InChI is InChI=1S/C14H22ClNS/c1-3-14(16-10-5-11-17-4-2)12-6-8-13(15)9-7-12/h6-9,14,16H,3-5,10-11H2,1-2H3. The molecule has 0 fully saturated rings. The highest BCUT2D eigenvalue weighted by Crippen LogP contribution is 2.19. The maximum Gasteiger partial charge on any atom is 0.0406 e.